The molecule has 6 heteroatoms. The van der Waals surface area contributed by atoms with Crippen LogP contribution in [0.5, 0.6) is 5.88 Å². The Morgan fingerprint density at radius 1 is 0.967 bits per heavy atom. The maximum absolute atomic E-state index is 13.0. The monoisotopic (exact) mass is 394 g/mol. The van der Waals surface area contributed by atoms with Crippen molar-refractivity contribution in [1.82, 2.24) is 19.6 Å². The zero-order chi connectivity index (χ0) is 20.1. The van der Waals surface area contributed by atoms with E-state index in [0.29, 0.717) is 23.8 Å². The zero-order valence-corrected chi connectivity index (χ0v) is 16.2. The highest BCUT2D eigenvalue weighted by Crippen LogP contribution is 2.47. The van der Waals surface area contributed by atoms with E-state index in [2.05, 4.69) is 10.1 Å². The van der Waals surface area contributed by atoms with E-state index in [1.54, 1.807) is 10.8 Å². The molecule has 1 aliphatic heterocycles. The molecular formula is C24H18N4O2. The highest BCUT2D eigenvalue weighted by molar-refractivity contribution is 6.00. The van der Waals surface area contributed by atoms with E-state index in [0.717, 1.165) is 40.9 Å². The van der Waals surface area contributed by atoms with Gasteiger partial charge in [-0.1, -0.05) is 60.7 Å². The number of carbonyl (C=O) groups excluding carboxylic acids is 1. The molecule has 0 N–H and O–H groups in total. The molecule has 2 aromatic heterocycles. The lowest BCUT2D eigenvalue weighted by Gasteiger charge is -2.31. The van der Waals surface area contributed by atoms with E-state index >= 15 is 0 Å². The first-order valence-electron chi connectivity index (χ1n) is 10.1. The summed E-state index contributed by atoms with van der Waals surface area (Å²) >= 11 is 0. The molecule has 0 amide bonds. The maximum atomic E-state index is 13.0. The largest absolute Gasteiger partial charge is 0.442 e. The lowest BCUT2D eigenvalue weighted by Crippen LogP contribution is -2.26. The van der Waals surface area contributed by atoms with E-state index in [1.165, 1.54) is 0 Å². The molecule has 0 fully saturated rings. The molecule has 4 aromatic rings. The summed E-state index contributed by atoms with van der Waals surface area (Å²) in [6.45, 7) is 0. The second kappa shape index (κ2) is 6.62. The quantitative estimate of drug-likeness (QED) is 0.506. The molecule has 0 bridgehead atoms. The summed E-state index contributed by atoms with van der Waals surface area (Å²) < 4.78 is 7.83. The number of fused-ring (bicyclic) bond motifs is 3. The molecule has 2 aromatic carbocycles. The van der Waals surface area contributed by atoms with Crippen molar-refractivity contribution >= 4 is 11.4 Å². The number of Topliss-reactive ketones (excluding diaryl/α,β-unsaturated/α-hetero) is 1. The van der Waals surface area contributed by atoms with Crippen LogP contribution in [0, 0.1) is 0 Å². The molecule has 0 saturated carbocycles. The van der Waals surface area contributed by atoms with E-state index in [1.807, 2.05) is 60.7 Å². The highest BCUT2D eigenvalue weighted by Gasteiger charge is 2.39. The predicted molar refractivity (Wildman–Crippen MR) is 111 cm³/mol. The fraction of sp³-hybridized carbons (Fsp3) is 0.167. The van der Waals surface area contributed by atoms with Crippen LogP contribution < -0.4 is 4.74 Å². The van der Waals surface area contributed by atoms with Crippen LogP contribution in [0.2, 0.25) is 0 Å². The van der Waals surface area contributed by atoms with Gasteiger partial charge >= 0.3 is 0 Å². The van der Waals surface area contributed by atoms with Crippen LogP contribution in [-0.4, -0.2) is 25.4 Å². The summed E-state index contributed by atoms with van der Waals surface area (Å²) in [7, 11) is 0. The van der Waals surface area contributed by atoms with Gasteiger partial charge in [-0.2, -0.15) is 0 Å². The third-order valence-corrected chi connectivity index (χ3v) is 5.76. The Bertz CT molecular complexity index is 1310. The molecule has 0 saturated heterocycles. The predicted octanol–water partition coefficient (Wildman–Crippen LogP) is 4.32. The van der Waals surface area contributed by atoms with Gasteiger partial charge in [-0.05, 0) is 12.0 Å². The lowest BCUT2D eigenvalue weighted by molar-refractivity contribution is -0.116. The Labute approximate surface area is 172 Å². The summed E-state index contributed by atoms with van der Waals surface area (Å²) in [5, 5.41) is 4.63. The van der Waals surface area contributed by atoms with Gasteiger partial charge in [0.2, 0.25) is 5.88 Å². The third-order valence-electron chi connectivity index (χ3n) is 5.76. The number of aromatic nitrogens is 4. The summed E-state index contributed by atoms with van der Waals surface area (Å²) in [5.74, 6) is 1.75. The maximum Gasteiger partial charge on any atom is 0.228 e. The Kier molecular flexibility index (Phi) is 3.77. The Balaban J connectivity index is 1.62. The van der Waals surface area contributed by atoms with Gasteiger partial charge in [-0.15, -0.1) is 5.10 Å². The average Bonchev–Trinajstić information content (AvgIpc) is 3.24. The van der Waals surface area contributed by atoms with Gasteiger partial charge in [0.25, 0.3) is 0 Å². The van der Waals surface area contributed by atoms with Crippen molar-refractivity contribution in [3.63, 3.8) is 0 Å². The SMILES string of the molecule is O=C1CCCC2=C1[C@@H](c1ccccc1)c1c(ncn3nc(-c4ccccc4)nc13)O2. The van der Waals surface area contributed by atoms with Crippen molar-refractivity contribution in [2.45, 2.75) is 25.2 Å². The first-order chi connectivity index (χ1) is 14.8. The third kappa shape index (κ3) is 2.57. The lowest BCUT2D eigenvalue weighted by atomic mass is 9.78. The van der Waals surface area contributed by atoms with Crippen LogP contribution in [0.25, 0.3) is 17.0 Å². The number of carbonyl (C=O) groups is 1. The van der Waals surface area contributed by atoms with Crippen molar-refractivity contribution in [3.05, 3.63) is 89.5 Å². The normalized spacial score (nSPS) is 18.1. The molecule has 1 aliphatic carbocycles. The van der Waals surface area contributed by atoms with E-state index in [9.17, 15) is 4.79 Å². The summed E-state index contributed by atoms with van der Waals surface area (Å²) in [6.07, 6.45) is 3.73. The van der Waals surface area contributed by atoms with Crippen molar-refractivity contribution in [2.24, 2.45) is 0 Å². The van der Waals surface area contributed by atoms with Crippen molar-refractivity contribution in [3.8, 4) is 17.3 Å². The molecule has 30 heavy (non-hydrogen) atoms. The smallest absolute Gasteiger partial charge is 0.228 e. The van der Waals surface area contributed by atoms with Gasteiger partial charge in [0.1, 0.15) is 12.1 Å². The number of benzene rings is 2. The van der Waals surface area contributed by atoms with E-state index in [-0.39, 0.29) is 11.7 Å². The molecule has 0 unspecified atom stereocenters. The zero-order valence-electron chi connectivity index (χ0n) is 16.2. The molecule has 0 spiro atoms. The first-order valence-corrected chi connectivity index (χ1v) is 10.1. The highest BCUT2D eigenvalue weighted by atomic mass is 16.5. The van der Waals surface area contributed by atoms with Crippen molar-refractivity contribution < 1.29 is 9.53 Å². The second-order valence-corrected chi connectivity index (χ2v) is 7.59. The molecule has 1 atom stereocenters. The van der Waals surface area contributed by atoms with Gasteiger partial charge in [0, 0.05) is 29.9 Å². The minimum Gasteiger partial charge on any atom is -0.442 e. The summed E-state index contributed by atoms with van der Waals surface area (Å²) in [5.41, 5.74) is 4.16. The molecule has 2 aliphatic rings. The van der Waals surface area contributed by atoms with Crippen LogP contribution >= 0.6 is 0 Å². The van der Waals surface area contributed by atoms with Crippen LogP contribution in [-0.2, 0) is 4.79 Å². The average molecular weight is 394 g/mol. The molecule has 6 nitrogen and oxygen atoms in total. The number of allylic oxidation sites excluding steroid dienone is 2. The van der Waals surface area contributed by atoms with Crippen molar-refractivity contribution in [2.75, 3.05) is 0 Å². The molecular weight excluding hydrogens is 376 g/mol. The van der Waals surface area contributed by atoms with E-state index in [4.69, 9.17) is 9.72 Å². The van der Waals surface area contributed by atoms with Gasteiger partial charge < -0.3 is 4.74 Å². The fourth-order valence-corrected chi connectivity index (χ4v) is 4.41. The Hall–Kier alpha value is -3.80. The molecule has 146 valence electrons. The summed E-state index contributed by atoms with van der Waals surface area (Å²) in [6, 6.07) is 19.9. The fourth-order valence-electron chi connectivity index (χ4n) is 4.41. The standard InChI is InChI=1S/C24H18N4O2/c29-17-12-7-13-18-20(17)19(15-8-3-1-4-9-15)21-23-26-22(16-10-5-2-6-11-16)27-28(23)14-25-24(21)30-18/h1-6,8-11,14,19H,7,12-13H2/t19-/m1/s1. The van der Waals surface area contributed by atoms with Gasteiger partial charge in [-0.25, -0.2) is 14.5 Å². The number of rotatable bonds is 2. The minimum absolute atomic E-state index is 0.139. The number of hydrogen-bond acceptors (Lipinski definition) is 5. The Morgan fingerprint density at radius 2 is 1.73 bits per heavy atom. The van der Waals surface area contributed by atoms with Crippen LogP contribution in [0.4, 0.5) is 0 Å². The Morgan fingerprint density at radius 3 is 2.53 bits per heavy atom. The van der Waals surface area contributed by atoms with Crippen LogP contribution in [0.15, 0.2) is 78.3 Å². The number of hydrogen-bond donors (Lipinski definition) is 0. The van der Waals surface area contributed by atoms with Gasteiger partial charge in [0.05, 0.1) is 5.56 Å². The number of nitrogens with zero attached hydrogens (tertiary/aromatic N) is 4. The minimum atomic E-state index is -0.262. The molecule has 3 heterocycles. The van der Waals surface area contributed by atoms with Gasteiger partial charge in [0.15, 0.2) is 17.3 Å². The first kappa shape index (κ1) is 17.1. The number of ketones is 1. The van der Waals surface area contributed by atoms with Crippen LogP contribution in [0.1, 0.15) is 36.3 Å². The van der Waals surface area contributed by atoms with Gasteiger partial charge in [-0.3, -0.25) is 4.79 Å². The van der Waals surface area contributed by atoms with Crippen LogP contribution in [0.3, 0.4) is 0 Å². The van der Waals surface area contributed by atoms with Crippen molar-refractivity contribution in [1.29, 1.82) is 0 Å². The molecule has 6 rings (SSSR count). The second-order valence-electron chi connectivity index (χ2n) is 7.59. The topological polar surface area (TPSA) is 69.4 Å². The summed E-state index contributed by atoms with van der Waals surface area (Å²) in [4.78, 5) is 22.4. The number of ether oxygens (including phenoxy) is 1. The molecule has 0 radical (unpaired) electrons. The van der Waals surface area contributed by atoms with E-state index < -0.39 is 0 Å².